The molecule has 0 saturated heterocycles. The first kappa shape index (κ1) is 17.8. The third-order valence-corrected chi connectivity index (χ3v) is 5.93. The zero-order valence-electron chi connectivity index (χ0n) is 15.6. The smallest absolute Gasteiger partial charge is 0.142 e. The molecule has 3 unspecified atom stereocenters. The number of fused-ring (bicyclic) bond motifs is 3. The molecule has 1 N–H and O–H groups in total. The summed E-state index contributed by atoms with van der Waals surface area (Å²) in [5.74, 6) is 7.97. The molecule has 1 aromatic heterocycles. The summed E-state index contributed by atoms with van der Waals surface area (Å²) in [5.41, 5.74) is 4.59. The van der Waals surface area contributed by atoms with Crippen molar-refractivity contribution in [3.05, 3.63) is 65.2 Å². The van der Waals surface area contributed by atoms with Crippen LogP contribution in [0.25, 0.3) is 5.57 Å². The van der Waals surface area contributed by atoms with Gasteiger partial charge in [0.05, 0.1) is 6.20 Å². The van der Waals surface area contributed by atoms with E-state index in [-0.39, 0.29) is 5.82 Å². The number of nitrogens with zero attached hydrogens (tertiary/aromatic N) is 1. The largest absolute Gasteiger partial charge is 0.508 e. The van der Waals surface area contributed by atoms with E-state index >= 15 is 0 Å². The number of hydrogen-bond donors (Lipinski definition) is 1. The van der Waals surface area contributed by atoms with E-state index in [1.54, 1.807) is 18.3 Å². The second-order valence-corrected chi connectivity index (χ2v) is 7.69. The molecule has 4 rings (SSSR count). The molecule has 3 heteroatoms. The Morgan fingerprint density at radius 3 is 2.89 bits per heavy atom. The van der Waals surface area contributed by atoms with Crippen LogP contribution >= 0.6 is 0 Å². The van der Waals surface area contributed by atoms with Crippen molar-refractivity contribution in [1.29, 1.82) is 0 Å². The van der Waals surface area contributed by atoms with Gasteiger partial charge < -0.3 is 5.11 Å². The number of phenols is 1. The first-order valence-corrected chi connectivity index (χ1v) is 9.73. The van der Waals surface area contributed by atoms with Crippen LogP contribution in [0.4, 0.5) is 4.39 Å². The number of rotatable bonds is 1. The lowest BCUT2D eigenvalue weighted by atomic mass is 9.72. The Morgan fingerprint density at radius 1 is 1.15 bits per heavy atom. The molecular weight excluding hydrogens is 337 g/mol. The van der Waals surface area contributed by atoms with Gasteiger partial charge in [-0.3, -0.25) is 4.98 Å². The lowest BCUT2D eigenvalue weighted by Crippen LogP contribution is -2.21. The molecule has 0 amide bonds. The minimum Gasteiger partial charge on any atom is -0.508 e. The summed E-state index contributed by atoms with van der Waals surface area (Å²) in [6.07, 6.45) is 9.90. The number of pyridine rings is 1. The predicted molar refractivity (Wildman–Crippen MR) is 106 cm³/mol. The van der Waals surface area contributed by atoms with Crippen LogP contribution in [-0.4, -0.2) is 10.1 Å². The molecule has 27 heavy (non-hydrogen) atoms. The summed E-state index contributed by atoms with van der Waals surface area (Å²) in [7, 11) is 0. The minimum atomic E-state index is -0.301. The van der Waals surface area contributed by atoms with Crippen molar-refractivity contribution >= 4 is 5.57 Å². The fourth-order valence-corrected chi connectivity index (χ4v) is 4.54. The predicted octanol–water partition coefficient (Wildman–Crippen LogP) is 5.48. The van der Waals surface area contributed by atoms with Crippen molar-refractivity contribution in [1.82, 2.24) is 4.98 Å². The molecule has 3 atom stereocenters. The molecule has 0 saturated carbocycles. The van der Waals surface area contributed by atoms with Crippen LogP contribution in [0.1, 0.15) is 55.2 Å². The molecule has 138 valence electrons. The van der Waals surface area contributed by atoms with Crippen LogP contribution in [0.15, 0.2) is 42.7 Å². The van der Waals surface area contributed by atoms with Crippen LogP contribution in [0, 0.1) is 29.5 Å². The Bertz CT molecular complexity index is 937. The molecule has 2 aliphatic carbocycles. The Labute approximate surface area is 160 Å². The van der Waals surface area contributed by atoms with Crippen molar-refractivity contribution in [2.75, 3.05) is 0 Å². The van der Waals surface area contributed by atoms with E-state index in [4.69, 9.17) is 0 Å². The van der Waals surface area contributed by atoms with E-state index in [9.17, 15) is 9.50 Å². The fourth-order valence-electron chi connectivity index (χ4n) is 4.54. The van der Waals surface area contributed by atoms with Crippen molar-refractivity contribution in [2.45, 2.75) is 44.9 Å². The quantitative estimate of drug-likeness (QED) is 0.682. The van der Waals surface area contributed by atoms with Gasteiger partial charge >= 0.3 is 0 Å². The molecule has 1 heterocycles. The van der Waals surface area contributed by atoms with Gasteiger partial charge in [-0.2, -0.15) is 0 Å². The van der Waals surface area contributed by atoms with Crippen LogP contribution in [-0.2, 0) is 6.42 Å². The highest BCUT2D eigenvalue weighted by Gasteiger charge is 2.29. The maximum Gasteiger partial charge on any atom is 0.142 e. The third kappa shape index (κ3) is 3.76. The third-order valence-electron chi connectivity index (χ3n) is 5.93. The molecular formula is C24H24FNO. The monoisotopic (exact) mass is 361 g/mol. The zero-order valence-corrected chi connectivity index (χ0v) is 15.6. The number of aromatic hydroxyl groups is 1. The van der Waals surface area contributed by atoms with E-state index in [2.05, 4.69) is 35.9 Å². The van der Waals surface area contributed by atoms with Crippen LogP contribution in [0.2, 0.25) is 0 Å². The number of aromatic nitrogens is 1. The Kier molecular flexibility index (Phi) is 4.99. The molecule has 0 fully saturated rings. The summed E-state index contributed by atoms with van der Waals surface area (Å²) in [6, 6.07) is 7.34. The van der Waals surface area contributed by atoms with Gasteiger partial charge in [0.2, 0.25) is 0 Å². The fraction of sp³-hybridized carbons (Fsp3) is 0.375. The van der Waals surface area contributed by atoms with Gasteiger partial charge in [-0.15, -0.1) is 0 Å². The number of halogens is 1. The molecule has 2 nitrogen and oxygen atoms in total. The number of aryl methyl sites for hydroxylation is 1. The molecule has 0 bridgehead atoms. The standard InChI is InChI=1S/C24H24FNO/c1-16-6-10-23-17(7-8-18-13-21(27)9-11-24(18)23)4-2-3-5-22(16)19-12-20(25)15-26-14-19/h5,9,11-17,23,27H,3,6-8,10H2,1H3. The average molecular weight is 361 g/mol. The lowest BCUT2D eigenvalue weighted by molar-refractivity contribution is 0.406. The highest BCUT2D eigenvalue weighted by molar-refractivity contribution is 5.67. The van der Waals surface area contributed by atoms with Crippen LogP contribution in [0.3, 0.4) is 0 Å². The van der Waals surface area contributed by atoms with E-state index in [1.807, 2.05) is 6.07 Å². The van der Waals surface area contributed by atoms with Crippen molar-refractivity contribution < 1.29 is 9.50 Å². The average Bonchev–Trinajstić information content (AvgIpc) is 2.66. The summed E-state index contributed by atoms with van der Waals surface area (Å²) in [4.78, 5) is 4.02. The van der Waals surface area contributed by atoms with Gasteiger partial charge in [0.1, 0.15) is 11.6 Å². The first-order chi connectivity index (χ1) is 13.1. The molecule has 0 radical (unpaired) electrons. The number of allylic oxidation sites excluding steroid dienone is 2. The Hall–Kier alpha value is -2.60. The summed E-state index contributed by atoms with van der Waals surface area (Å²) in [6.45, 7) is 2.21. The molecule has 2 aromatic rings. The van der Waals surface area contributed by atoms with Gasteiger partial charge in [-0.05, 0) is 78.0 Å². The second-order valence-electron chi connectivity index (χ2n) is 7.69. The van der Waals surface area contributed by atoms with E-state index in [0.29, 0.717) is 29.9 Å². The SMILES string of the molecule is CC1CCC2c3ccc(O)cc3CCC2C#CCC=C1c1cncc(F)c1. The number of hydrogen-bond acceptors (Lipinski definition) is 2. The summed E-state index contributed by atoms with van der Waals surface area (Å²) < 4.78 is 13.7. The molecule has 1 aromatic carbocycles. The van der Waals surface area contributed by atoms with Gasteiger partial charge in [0, 0.05) is 18.5 Å². The van der Waals surface area contributed by atoms with E-state index < -0.39 is 0 Å². The Balaban J connectivity index is 1.65. The summed E-state index contributed by atoms with van der Waals surface area (Å²) >= 11 is 0. The minimum absolute atomic E-state index is 0.301. The van der Waals surface area contributed by atoms with Crippen LogP contribution in [0.5, 0.6) is 5.75 Å². The second kappa shape index (κ2) is 7.56. The molecule has 0 aliphatic heterocycles. The summed E-state index contributed by atoms with van der Waals surface area (Å²) in [5, 5.41) is 9.82. The Morgan fingerprint density at radius 2 is 2.04 bits per heavy atom. The van der Waals surface area contributed by atoms with Gasteiger partial charge in [-0.25, -0.2) is 4.39 Å². The van der Waals surface area contributed by atoms with Crippen molar-refractivity contribution in [2.24, 2.45) is 11.8 Å². The van der Waals surface area contributed by atoms with Crippen molar-refractivity contribution in [3.63, 3.8) is 0 Å². The molecule has 2 aliphatic rings. The number of phenolic OH excluding ortho intramolecular Hbond substituents is 1. The zero-order chi connectivity index (χ0) is 18.8. The van der Waals surface area contributed by atoms with Crippen molar-refractivity contribution in [3.8, 4) is 17.6 Å². The van der Waals surface area contributed by atoms with E-state index in [1.165, 1.54) is 17.3 Å². The highest BCUT2D eigenvalue weighted by Crippen LogP contribution is 2.42. The van der Waals surface area contributed by atoms with Gasteiger partial charge in [-0.1, -0.05) is 30.9 Å². The maximum absolute atomic E-state index is 13.7. The maximum atomic E-state index is 13.7. The highest BCUT2D eigenvalue weighted by atomic mass is 19.1. The topological polar surface area (TPSA) is 33.1 Å². The first-order valence-electron chi connectivity index (χ1n) is 9.73. The van der Waals surface area contributed by atoms with Gasteiger partial charge in [0.15, 0.2) is 0 Å². The lowest BCUT2D eigenvalue weighted by Gasteiger charge is -2.32. The number of benzene rings is 1. The molecule has 0 spiro atoms. The van der Waals surface area contributed by atoms with Gasteiger partial charge in [0.25, 0.3) is 0 Å². The van der Waals surface area contributed by atoms with E-state index in [0.717, 1.165) is 36.8 Å². The van der Waals surface area contributed by atoms with Crippen LogP contribution < -0.4 is 0 Å². The normalized spacial score (nSPS) is 24.7.